The predicted molar refractivity (Wildman–Crippen MR) is 57.0 cm³/mol. The quantitative estimate of drug-likeness (QED) is 0.757. The first-order valence-corrected chi connectivity index (χ1v) is 5.21. The van der Waals surface area contributed by atoms with E-state index in [4.69, 9.17) is 14.2 Å². The van der Waals surface area contributed by atoms with Gasteiger partial charge in [-0.15, -0.1) is 0 Å². The molecule has 1 aromatic rings. The van der Waals surface area contributed by atoms with E-state index in [0.29, 0.717) is 6.61 Å². The molecule has 0 bridgehead atoms. The smallest absolute Gasteiger partial charge is 0.118 e. The Kier molecular flexibility index (Phi) is 3.59. The van der Waals surface area contributed by atoms with Crippen LogP contribution in [-0.2, 0) is 16.1 Å². The summed E-state index contributed by atoms with van der Waals surface area (Å²) in [5.41, 5.74) is 1.17. The van der Waals surface area contributed by atoms with Crippen molar-refractivity contribution in [2.45, 2.75) is 19.1 Å². The van der Waals surface area contributed by atoms with Crippen molar-refractivity contribution in [1.82, 2.24) is 0 Å². The van der Waals surface area contributed by atoms with Crippen molar-refractivity contribution in [3.05, 3.63) is 29.8 Å². The number of hydrogen-bond donors (Lipinski definition) is 0. The third-order valence-electron chi connectivity index (χ3n) is 2.53. The summed E-state index contributed by atoms with van der Waals surface area (Å²) in [5, 5.41) is 0. The Morgan fingerprint density at radius 1 is 1.33 bits per heavy atom. The minimum absolute atomic E-state index is 0.270. The minimum atomic E-state index is 0.270. The van der Waals surface area contributed by atoms with Crippen LogP contribution in [0, 0.1) is 0 Å². The van der Waals surface area contributed by atoms with E-state index in [2.05, 4.69) is 0 Å². The van der Waals surface area contributed by atoms with E-state index >= 15 is 0 Å². The number of benzene rings is 1. The van der Waals surface area contributed by atoms with E-state index in [1.54, 1.807) is 7.11 Å². The highest BCUT2D eigenvalue weighted by atomic mass is 16.5. The summed E-state index contributed by atoms with van der Waals surface area (Å²) in [6.45, 7) is 2.21. The standard InChI is InChI=1S/C12H16O3/c1-13-11-4-2-10(3-5-11)8-15-12-6-7-14-9-12/h2-5,12H,6-9H2,1H3/t12-/m0/s1. The highest BCUT2D eigenvalue weighted by Crippen LogP contribution is 2.14. The van der Waals surface area contributed by atoms with E-state index < -0.39 is 0 Å². The monoisotopic (exact) mass is 208 g/mol. The van der Waals surface area contributed by atoms with Gasteiger partial charge < -0.3 is 14.2 Å². The van der Waals surface area contributed by atoms with Crippen molar-refractivity contribution >= 4 is 0 Å². The van der Waals surface area contributed by atoms with Crippen LogP contribution in [-0.4, -0.2) is 26.4 Å². The van der Waals surface area contributed by atoms with Crippen LogP contribution in [0.2, 0.25) is 0 Å². The Bertz CT molecular complexity index is 288. The predicted octanol–water partition coefficient (Wildman–Crippen LogP) is 2.00. The number of methoxy groups -OCH3 is 1. The molecule has 0 saturated carbocycles. The van der Waals surface area contributed by atoms with E-state index in [1.165, 1.54) is 5.56 Å². The van der Waals surface area contributed by atoms with Crippen molar-refractivity contribution < 1.29 is 14.2 Å². The third kappa shape index (κ3) is 2.94. The fourth-order valence-electron chi connectivity index (χ4n) is 1.58. The van der Waals surface area contributed by atoms with Gasteiger partial charge in [-0.3, -0.25) is 0 Å². The molecule has 0 aromatic heterocycles. The molecule has 0 unspecified atom stereocenters. The molecule has 1 aromatic carbocycles. The molecule has 1 aliphatic heterocycles. The summed E-state index contributed by atoms with van der Waals surface area (Å²) in [6.07, 6.45) is 1.28. The van der Waals surface area contributed by atoms with Crippen LogP contribution in [0.25, 0.3) is 0 Å². The molecule has 15 heavy (non-hydrogen) atoms. The second-order valence-electron chi connectivity index (χ2n) is 3.64. The van der Waals surface area contributed by atoms with Crippen molar-refractivity contribution in [2.75, 3.05) is 20.3 Å². The van der Waals surface area contributed by atoms with Gasteiger partial charge in [0.1, 0.15) is 5.75 Å². The van der Waals surface area contributed by atoms with Crippen LogP contribution in [0.3, 0.4) is 0 Å². The van der Waals surface area contributed by atoms with Crippen molar-refractivity contribution in [1.29, 1.82) is 0 Å². The van der Waals surface area contributed by atoms with Gasteiger partial charge in [0.2, 0.25) is 0 Å². The average molecular weight is 208 g/mol. The lowest BCUT2D eigenvalue weighted by Gasteiger charge is -2.09. The van der Waals surface area contributed by atoms with Gasteiger partial charge in [0.25, 0.3) is 0 Å². The second-order valence-corrected chi connectivity index (χ2v) is 3.64. The zero-order valence-corrected chi connectivity index (χ0v) is 8.94. The van der Waals surface area contributed by atoms with Crippen molar-refractivity contribution in [3.63, 3.8) is 0 Å². The highest BCUT2D eigenvalue weighted by Gasteiger charge is 2.15. The third-order valence-corrected chi connectivity index (χ3v) is 2.53. The molecule has 1 aliphatic rings. The number of rotatable bonds is 4. The van der Waals surface area contributed by atoms with E-state index in [-0.39, 0.29) is 6.10 Å². The molecule has 1 atom stereocenters. The molecule has 0 amide bonds. The topological polar surface area (TPSA) is 27.7 Å². The second kappa shape index (κ2) is 5.14. The molecule has 2 rings (SSSR count). The molecular formula is C12H16O3. The molecule has 1 fully saturated rings. The molecule has 0 radical (unpaired) electrons. The maximum absolute atomic E-state index is 5.70. The molecule has 0 N–H and O–H groups in total. The van der Waals surface area contributed by atoms with Gasteiger partial charge in [-0.05, 0) is 24.1 Å². The number of ether oxygens (including phenoxy) is 3. The zero-order valence-electron chi connectivity index (χ0n) is 8.94. The van der Waals surface area contributed by atoms with Gasteiger partial charge in [0.15, 0.2) is 0 Å². The minimum Gasteiger partial charge on any atom is -0.497 e. The Hall–Kier alpha value is -1.06. The summed E-state index contributed by atoms with van der Waals surface area (Å²) in [4.78, 5) is 0. The summed E-state index contributed by atoms with van der Waals surface area (Å²) in [5.74, 6) is 0.878. The average Bonchev–Trinajstić information content (AvgIpc) is 2.80. The first-order chi connectivity index (χ1) is 7.38. The molecule has 0 spiro atoms. The van der Waals surface area contributed by atoms with Crippen LogP contribution in [0.4, 0.5) is 0 Å². The maximum Gasteiger partial charge on any atom is 0.118 e. The Morgan fingerprint density at radius 3 is 2.73 bits per heavy atom. The fourth-order valence-corrected chi connectivity index (χ4v) is 1.58. The van der Waals surface area contributed by atoms with Crippen LogP contribution in [0.5, 0.6) is 5.75 Å². The molecule has 1 heterocycles. The fraction of sp³-hybridized carbons (Fsp3) is 0.500. The van der Waals surface area contributed by atoms with Crippen LogP contribution in [0.15, 0.2) is 24.3 Å². The van der Waals surface area contributed by atoms with Gasteiger partial charge in [-0.25, -0.2) is 0 Å². The normalized spacial score (nSPS) is 20.5. The lowest BCUT2D eigenvalue weighted by molar-refractivity contribution is 0.0317. The van der Waals surface area contributed by atoms with E-state index in [1.807, 2.05) is 24.3 Å². The lowest BCUT2D eigenvalue weighted by Crippen LogP contribution is -2.11. The SMILES string of the molecule is COc1ccc(CO[C@H]2CCOC2)cc1. The molecule has 3 heteroatoms. The highest BCUT2D eigenvalue weighted by molar-refractivity contribution is 5.26. The van der Waals surface area contributed by atoms with Crippen LogP contribution in [0.1, 0.15) is 12.0 Å². The van der Waals surface area contributed by atoms with E-state index in [0.717, 1.165) is 25.4 Å². The lowest BCUT2D eigenvalue weighted by atomic mass is 10.2. The molecule has 0 aliphatic carbocycles. The van der Waals surface area contributed by atoms with Crippen molar-refractivity contribution in [3.8, 4) is 5.75 Å². The molecule has 82 valence electrons. The summed E-state index contributed by atoms with van der Waals surface area (Å²) < 4.78 is 16.0. The molecular weight excluding hydrogens is 192 g/mol. The number of hydrogen-bond acceptors (Lipinski definition) is 3. The van der Waals surface area contributed by atoms with E-state index in [9.17, 15) is 0 Å². The van der Waals surface area contributed by atoms with Gasteiger partial charge in [0, 0.05) is 6.61 Å². The summed E-state index contributed by atoms with van der Waals surface area (Å²) in [6, 6.07) is 7.94. The molecule has 3 nitrogen and oxygen atoms in total. The summed E-state index contributed by atoms with van der Waals surface area (Å²) >= 11 is 0. The zero-order chi connectivity index (χ0) is 10.5. The molecule has 1 saturated heterocycles. The largest absolute Gasteiger partial charge is 0.497 e. The Morgan fingerprint density at radius 2 is 2.13 bits per heavy atom. The first-order valence-electron chi connectivity index (χ1n) is 5.21. The van der Waals surface area contributed by atoms with Crippen molar-refractivity contribution in [2.24, 2.45) is 0 Å². The van der Waals surface area contributed by atoms with Gasteiger partial charge >= 0.3 is 0 Å². The summed E-state index contributed by atoms with van der Waals surface area (Å²) in [7, 11) is 1.67. The maximum atomic E-state index is 5.70. The van der Waals surface area contributed by atoms with Gasteiger partial charge in [0.05, 0.1) is 26.4 Å². The van der Waals surface area contributed by atoms with Crippen LogP contribution >= 0.6 is 0 Å². The van der Waals surface area contributed by atoms with Gasteiger partial charge in [-0.1, -0.05) is 12.1 Å². The van der Waals surface area contributed by atoms with Gasteiger partial charge in [-0.2, -0.15) is 0 Å². The Labute approximate surface area is 90.0 Å². The first kappa shape index (κ1) is 10.5. The Balaban J connectivity index is 1.82. The van der Waals surface area contributed by atoms with Crippen LogP contribution < -0.4 is 4.74 Å².